The lowest BCUT2D eigenvalue weighted by molar-refractivity contribution is -0.130. The highest BCUT2D eigenvalue weighted by Gasteiger charge is 2.38. The van der Waals surface area contributed by atoms with Crippen molar-refractivity contribution in [3.63, 3.8) is 0 Å². The van der Waals surface area contributed by atoms with Crippen molar-refractivity contribution in [2.45, 2.75) is 30.7 Å². The van der Waals surface area contributed by atoms with Gasteiger partial charge in [-0.3, -0.25) is 0 Å². The molecule has 5 nitrogen and oxygen atoms in total. The van der Waals surface area contributed by atoms with E-state index in [0.29, 0.717) is 12.8 Å². The van der Waals surface area contributed by atoms with Crippen LogP contribution in [0.25, 0.3) is 11.1 Å². The molecule has 5 heteroatoms. The number of alkyl carbamates (subject to hydrolysis) is 1. The van der Waals surface area contributed by atoms with Gasteiger partial charge in [-0.25, -0.2) is 9.59 Å². The lowest BCUT2D eigenvalue weighted by atomic mass is 9.77. The topological polar surface area (TPSA) is 75.6 Å². The van der Waals surface area contributed by atoms with Crippen LogP contribution < -0.4 is 5.32 Å². The number of hydrogen-bond acceptors (Lipinski definition) is 3. The number of hydrogen-bond donors (Lipinski definition) is 2. The molecule has 2 aromatic rings. The number of fused-ring (bicyclic) bond motifs is 3. The Hall–Kier alpha value is -3.26. The fourth-order valence-electron chi connectivity index (χ4n) is 3.81. The number of amides is 1. The molecule has 2 aliphatic carbocycles. The van der Waals surface area contributed by atoms with Crippen molar-refractivity contribution in [1.29, 1.82) is 0 Å². The van der Waals surface area contributed by atoms with Crippen LogP contribution in [0.1, 0.15) is 36.3 Å². The quantitative estimate of drug-likeness (QED) is 0.820. The maximum Gasteiger partial charge on any atom is 0.408 e. The van der Waals surface area contributed by atoms with Gasteiger partial charge in [0.25, 0.3) is 0 Å². The number of aliphatic carboxylic acids is 1. The van der Waals surface area contributed by atoms with E-state index in [0.717, 1.165) is 17.5 Å². The molecule has 4 rings (SSSR count). The van der Waals surface area contributed by atoms with Gasteiger partial charge >= 0.3 is 12.1 Å². The fraction of sp³-hybridized carbons (Fsp3) is 0.273. The average molecular weight is 361 g/mol. The number of benzene rings is 2. The zero-order valence-electron chi connectivity index (χ0n) is 14.7. The normalized spacial score (nSPS) is 16.1. The third-order valence-electron chi connectivity index (χ3n) is 5.30. The van der Waals surface area contributed by atoms with Gasteiger partial charge < -0.3 is 15.2 Å². The summed E-state index contributed by atoms with van der Waals surface area (Å²) in [6.07, 6.45) is 1.61. The van der Waals surface area contributed by atoms with Gasteiger partial charge in [-0.15, -0.1) is 0 Å². The van der Waals surface area contributed by atoms with E-state index in [-0.39, 0.29) is 12.5 Å². The molecule has 2 aliphatic rings. The highest BCUT2D eigenvalue weighted by molar-refractivity contribution is 5.87. The summed E-state index contributed by atoms with van der Waals surface area (Å²) >= 11 is 0. The Kier molecular flexibility index (Phi) is 4.33. The minimum atomic E-state index is -1.20. The van der Waals surface area contributed by atoms with Gasteiger partial charge in [0.1, 0.15) is 12.1 Å². The summed E-state index contributed by atoms with van der Waals surface area (Å²) in [5.74, 6) is 3.57. The van der Waals surface area contributed by atoms with E-state index in [1.54, 1.807) is 0 Å². The highest BCUT2D eigenvalue weighted by atomic mass is 16.5. The molecule has 136 valence electrons. The number of carboxylic acids is 1. The Morgan fingerprint density at radius 1 is 1.07 bits per heavy atom. The Bertz CT molecular complexity index is 920. The summed E-state index contributed by atoms with van der Waals surface area (Å²) in [6.45, 7) is 0.225. The SMILES string of the molecule is O=C(O)C#CC1(NC(=O)OCC2c3ccccc3-c3ccccc32)CCC1. The second kappa shape index (κ2) is 6.81. The van der Waals surface area contributed by atoms with Gasteiger partial charge in [0, 0.05) is 11.8 Å². The Balaban J connectivity index is 1.47. The lowest BCUT2D eigenvalue weighted by Gasteiger charge is -2.37. The first-order valence-electron chi connectivity index (χ1n) is 8.97. The fourth-order valence-corrected chi connectivity index (χ4v) is 3.81. The summed E-state index contributed by atoms with van der Waals surface area (Å²) in [7, 11) is 0. The van der Waals surface area contributed by atoms with Gasteiger partial charge in [0.2, 0.25) is 0 Å². The maximum absolute atomic E-state index is 12.3. The first-order chi connectivity index (χ1) is 13.1. The molecule has 0 radical (unpaired) electrons. The minimum absolute atomic E-state index is 0.00871. The van der Waals surface area contributed by atoms with Crippen LogP contribution in [0.2, 0.25) is 0 Å². The lowest BCUT2D eigenvalue weighted by Crippen LogP contribution is -2.52. The van der Waals surface area contributed by atoms with Gasteiger partial charge in [-0.2, -0.15) is 0 Å². The van der Waals surface area contributed by atoms with E-state index in [4.69, 9.17) is 9.84 Å². The van der Waals surface area contributed by atoms with Gasteiger partial charge in [-0.05, 0) is 41.5 Å². The van der Waals surface area contributed by atoms with Crippen molar-refractivity contribution in [2.24, 2.45) is 0 Å². The summed E-state index contributed by atoms with van der Waals surface area (Å²) in [5, 5.41) is 11.5. The standard InChI is InChI=1S/C22H19NO4/c24-20(25)10-13-22(11-5-12-22)23-21(26)27-14-19-17-8-3-1-6-15(17)16-7-2-4-9-18(16)19/h1-4,6-9,19H,5,11-12,14H2,(H,23,26)(H,24,25). The van der Waals surface area contributed by atoms with E-state index in [1.165, 1.54) is 11.1 Å². The van der Waals surface area contributed by atoms with E-state index in [2.05, 4.69) is 41.4 Å². The van der Waals surface area contributed by atoms with Crippen LogP contribution in [0.5, 0.6) is 0 Å². The molecule has 0 spiro atoms. The molecule has 0 aliphatic heterocycles. The number of carbonyl (C=O) groups excluding carboxylic acids is 1. The molecule has 0 heterocycles. The maximum atomic E-state index is 12.3. The van der Waals surface area contributed by atoms with Crippen molar-refractivity contribution in [3.05, 3.63) is 59.7 Å². The van der Waals surface area contributed by atoms with Crippen LogP contribution in [0.15, 0.2) is 48.5 Å². The highest BCUT2D eigenvalue weighted by Crippen LogP contribution is 2.44. The Labute approximate surface area is 157 Å². The van der Waals surface area contributed by atoms with Crippen LogP contribution in [0.3, 0.4) is 0 Å². The molecular weight excluding hydrogens is 342 g/mol. The Morgan fingerprint density at radius 2 is 1.67 bits per heavy atom. The van der Waals surface area contributed by atoms with Crippen LogP contribution in [0, 0.1) is 11.8 Å². The van der Waals surface area contributed by atoms with Crippen molar-refractivity contribution in [3.8, 4) is 23.0 Å². The van der Waals surface area contributed by atoms with Crippen LogP contribution in [0.4, 0.5) is 4.79 Å². The van der Waals surface area contributed by atoms with E-state index in [1.807, 2.05) is 24.3 Å². The van der Waals surface area contributed by atoms with Crippen LogP contribution in [-0.4, -0.2) is 29.3 Å². The predicted molar refractivity (Wildman–Crippen MR) is 100 cm³/mol. The average Bonchev–Trinajstić information content (AvgIpc) is 2.96. The van der Waals surface area contributed by atoms with E-state index in [9.17, 15) is 9.59 Å². The molecule has 0 aromatic heterocycles. The second-order valence-corrected chi connectivity index (χ2v) is 6.94. The monoisotopic (exact) mass is 361 g/mol. The summed E-state index contributed by atoms with van der Waals surface area (Å²) in [6, 6.07) is 16.3. The van der Waals surface area contributed by atoms with E-state index < -0.39 is 17.6 Å². The molecule has 1 amide bonds. The zero-order chi connectivity index (χ0) is 18.9. The van der Waals surface area contributed by atoms with Crippen molar-refractivity contribution in [1.82, 2.24) is 5.32 Å². The molecule has 0 unspecified atom stereocenters. The third-order valence-corrected chi connectivity index (χ3v) is 5.30. The zero-order valence-corrected chi connectivity index (χ0v) is 14.7. The smallest absolute Gasteiger partial charge is 0.408 e. The molecule has 1 saturated carbocycles. The van der Waals surface area contributed by atoms with Gasteiger partial charge in [0.05, 0.1) is 0 Å². The first-order valence-corrected chi connectivity index (χ1v) is 8.97. The first kappa shape index (κ1) is 17.2. The van der Waals surface area contributed by atoms with Crippen molar-refractivity contribution >= 4 is 12.1 Å². The van der Waals surface area contributed by atoms with Crippen molar-refractivity contribution < 1.29 is 19.4 Å². The minimum Gasteiger partial charge on any atom is -0.472 e. The van der Waals surface area contributed by atoms with Crippen LogP contribution >= 0.6 is 0 Å². The third kappa shape index (κ3) is 3.26. The van der Waals surface area contributed by atoms with Crippen LogP contribution in [-0.2, 0) is 9.53 Å². The van der Waals surface area contributed by atoms with Gasteiger partial charge in [0.15, 0.2) is 0 Å². The van der Waals surface area contributed by atoms with Gasteiger partial charge in [-0.1, -0.05) is 54.5 Å². The number of carboxylic acid groups (broad SMARTS) is 1. The molecule has 0 bridgehead atoms. The molecule has 0 saturated heterocycles. The number of rotatable bonds is 3. The number of carbonyl (C=O) groups is 2. The Morgan fingerprint density at radius 3 is 2.19 bits per heavy atom. The molecule has 1 fully saturated rings. The number of nitrogens with one attached hydrogen (secondary N) is 1. The molecule has 0 atom stereocenters. The molecule has 2 aromatic carbocycles. The van der Waals surface area contributed by atoms with Crippen molar-refractivity contribution in [2.75, 3.05) is 6.61 Å². The molecule has 2 N–H and O–H groups in total. The molecule has 27 heavy (non-hydrogen) atoms. The molecular formula is C22H19NO4. The second-order valence-electron chi connectivity index (χ2n) is 6.94. The van der Waals surface area contributed by atoms with E-state index >= 15 is 0 Å². The predicted octanol–water partition coefficient (Wildman–Crippen LogP) is 3.54. The summed E-state index contributed by atoms with van der Waals surface area (Å²) in [5.41, 5.74) is 3.86. The summed E-state index contributed by atoms with van der Waals surface area (Å²) in [4.78, 5) is 23.0. The number of ether oxygens (including phenoxy) is 1. The summed E-state index contributed by atoms with van der Waals surface area (Å²) < 4.78 is 5.51. The largest absolute Gasteiger partial charge is 0.472 e.